The Morgan fingerprint density at radius 2 is 1.80 bits per heavy atom. The number of aromatic amines is 1. The topological polar surface area (TPSA) is 109 Å². The third-order valence-corrected chi connectivity index (χ3v) is 6.48. The molecule has 1 aromatic heterocycles. The van der Waals surface area contributed by atoms with E-state index in [1.54, 1.807) is 23.8 Å². The highest BCUT2D eigenvalue weighted by molar-refractivity contribution is 7.89. The molecule has 0 aliphatic heterocycles. The Hall–Kier alpha value is -3.02. The average molecular weight is 448 g/mol. The van der Waals surface area contributed by atoms with Crippen LogP contribution in [0.25, 0.3) is 5.69 Å². The summed E-state index contributed by atoms with van der Waals surface area (Å²) in [5.74, 6) is 0.868. The van der Waals surface area contributed by atoms with E-state index < -0.39 is 10.0 Å². The Labute approximate surface area is 179 Å². The predicted molar refractivity (Wildman–Crippen MR) is 114 cm³/mol. The number of H-pyrrole nitrogens is 1. The van der Waals surface area contributed by atoms with E-state index in [1.165, 1.54) is 38.4 Å². The number of ether oxygens (including phenoxy) is 1. The molecule has 2 N–H and O–H groups in total. The van der Waals surface area contributed by atoms with Gasteiger partial charge in [0.05, 0.1) is 18.6 Å². The van der Waals surface area contributed by atoms with E-state index in [-0.39, 0.29) is 17.3 Å². The molecule has 2 aromatic carbocycles. The van der Waals surface area contributed by atoms with Gasteiger partial charge in [0.25, 0.3) is 5.91 Å². The first-order valence-corrected chi connectivity index (χ1v) is 10.7. The molecule has 1 amide bonds. The highest BCUT2D eigenvalue weighted by Gasteiger charge is 2.18. The zero-order chi connectivity index (χ0) is 21.9. The molecule has 11 heteroatoms. The van der Waals surface area contributed by atoms with Gasteiger partial charge in [-0.15, -0.1) is 0 Å². The fourth-order valence-electron chi connectivity index (χ4n) is 2.70. The van der Waals surface area contributed by atoms with E-state index in [0.29, 0.717) is 21.9 Å². The molecule has 0 unspecified atom stereocenters. The molecule has 9 nitrogen and oxygen atoms in total. The highest BCUT2D eigenvalue weighted by Crippen LogP contribution is 2.17. The predicted octanol–water partition coefficient (Wildman–Crippen LogP) is 2.12. The van der Waals surface area contributed by atoms with Crippen LogP contribution in [0.2, 0.25) is 0 Å². The van der Waals surface area contributed by atoms with Gasteiger partial charge < -0.3 is 10.1 Å². The van der Waals surface area contributed by atoms with E-state index in [9.17, 15) is 13.2 Å². The van der Waals surface area contributed by atoms with E-state index in [0.717, 1.165) is 9.99 Å². The number of carbonyl (C=O) groups excluding carboxylic acids is 1. The number of benzene rings is 2. The van der Waals surface area contributed by atoms with Gasteiger partial charge in [0.1, 0.15) is 5.75 Å². The second-order valence-electron chi connectivity index (χ2n) is 6.47. The minimum Gasteiger partial charge on any atom is -0.497 e. The number of hydrogen-bond donors (Lipinski definition) is 2. The zero-order valence-electron chi connectivity index (χ0n) is 16.6. The van der Waals surface area contributed by atoms with Crippen LogP contribution in [0, 0.1) is 4.77 Å². The SMILES string of the molecule is COc1ccc(-n2c(CNC(=O)c3ccc(S(=O)(=O)N(C)C)cc3)n[nH]c2=S)cc1. The van der Waals surface area contributed by atoms with Crippen molar-refractivity contribution in [3.05, 3.63) is 64.7 Å². The number of methoxy groups -OCH3 is 1. The molecule has 158 valence electrons. The summed E-state index contributed by atoms with van der Waals surface area (Å²) in [6.45, 7) is 0.121. The lowest BCUT2D eigenvalue weighted by atomic mass is 10.2. The summed E-state index contributed by atoms with van der Waals surface area (Å²) in [5, 5.41) is 9.67. The zero-order valence-corrected chi connectivity index (χ0v) is 18.3. The first kappa shape index (κ1) is 21.7. The summed E-state index contributed by atoms with van der Waals surface area (Å²) < 4.78 is 32.6. The van der Waals surface area contributed by atoms with Crippen molar-refractivity contribution in [1.29, 1.82) is 0 Å². The third-order valence-electron chi connectivity index (χ3n) is 4.37. The second-order valence-corrected chi connectivity index (χ2v) is 9.01. The normalized spacial score (nSPS) is 11.5. The summed E-state index contributed by atoms with van der Waals surface area (Å²) in [5.41, 5.74) is 1.11. The average Bonchev–Trinajstić information content (AvgIpc) is 3.12. The van der Waals surface area contributed by atoms with E-state index in [1.807, 2.05) is 12.1 Å². The van der Waals surface area contributed by atoms with E-state index in [2.05, 4.69) is 15.5 Å². The highest BCUT2D eigenvalue weighted by atomic mass is 32.2. The lowest BCUT2D eigenvalue weighted by molar-refractivity contribution is 0.0949. The number of carbonyl (C=O) groups is 1. The molecule has 3 aromatic rings. The summed E-state index contributed by atoms with van der Waals surface area (Å²) in [6, 6.07) is 13.0. The van der Waals surface area contributed by atoms with Crippen LogP contribution < -0.4 is 10.1 Å². The van der Waals surface area contributed by atoms with Crippen LogP contribution in [0.4, 0.5) is 0 Å². The molecule has 30 heavy (non-hydrogen) atoms. The Bertz CT molecular complexity index is 1200. The van der Waals surface area contributed by atoms with Gasteiger partial charge in [0, 0.05) is 25.3 Å². The summed E-state index contributed by atoms with van der Waals surface area (Å²) >= 11 is 5.30. The summed E-state index contributed by atoms with van der Waals surface area (Å²) in [7, 11) is 0.935. The third kappa shape index (κ3) is 4.42. The number of amides is 1. The molecule has 0 saturated heterocycles. The van der Waals surface area contributed by atoms with Crippen LogP contribution in [0.15, 0.2) is 53.4 Å². The standard InChI is InChI=1S/C19H21N5O4S2/c1-23(2)30(26,27)16-10-4-13(5-11-16)18(25)20-12-17-21-22-19(29)24(17)14-6-8-15(28-3)9-7-14/h4-11H,12H2,1-3H3,(H,20,25)(H,22,29). The van der Waals surface area contributed by atoms with Crippen molar-refractivity contribution in [2.45, 2.75) is 11.4 Å². The van der Waals surface area contributed by atoms with Gasteiger partial charge in [-0.1, -0.05) is 0 Å². The minimum absolute atomic E-state index is 0.115. The lowest BCUT2D eigenvalue weighted by Crippen LogP contribution is -2.25. The molecule has 0 spiro atoms. The van der Waals surface area contributed by atoms with Gasteiger partial charge in [-0.3, -0.25) is 14.5 Å². The van der Waals surface area contributed by atoms with Crippen LogP contribution >= 0.6 is 12.2 Å². The van der Waals surface area contributed by atoms with Gasteiger partial charge in [0.15, 0.2) is 10.6 Å². The van der Waals surface area contributed by atoms with Gasteiger partial charge >= 0.3 is 0 Å². The molecule has 0 fully saturated rings. The lowest BCUT2D eigenvalue weighted by Gasteiger charge is -2.12. The van der Waals surface area contributed by atoms with E-state index in [4.69, 9.17) is 17.0 Å². The Morgan fingerprint density at radius 3 is 2.37 bits per heavy atom. The molecule has 0 atom stereocenters. The van der Waals surface area contributed by atoms with Crippen LogP contribution in [0.1, 0.15) is 16.2 Å². The monoisotopic (exact) mass is 447 g/mol. The summed E-state index contributed by atoms with van der Waals surface area (Å²) in [4.78, 5) is 12.6. The van der Waals surface area contributed by atoms with E-state index >= 15 is 0 Å². The minimum atomic E-state index is -3.55. The van der Waals surface area contributed by atoms with Crippen molar-refractivity contribution in [2.24, 2.45) is 0 Å². The maximum Gasteiger partial charge on any atom is 0.251 e. The number of aromatic nitrogens is 3. The van der Waals surface area contributed by atoms with Gasteiger partial charge in [-0.25, -0.2) is 12.7 Å². The quantitative estimate of drug-likeness (QED) is 0.537. The Kier molecular flexibility index (Phi) is 6.34. The molecule has 3 rings (SSSR count). The van der Waals surface area contributed by atoms with Crippen molar-refractivity contribution < 1.29 is 17.9 Å². The molecule has 0 aliphatic rings. The van der Waals surface area contributed by atoms with Gasteiger partial charge in [0.2, 0.25) is 10.0 Å². The van der Waals surface area contributed by atoms with Crippen molar-refractivity contribution in [2.75, 3.05) is 21.2 Å². The fourth-order valence-corrected chi connectivity index (χ4v) is 3.85. The van der Waals surface area contributed by atoms with Crippen LogP contribution in [-0.2, 0) is 16.6 Å². The maximum absolute atomic E-state index is 12.5. The Balaban J connectivity index is 1.75. The molecule has 0 radical (unpaired) electrons. The van der Waals surface area contributed by atoms with Crippen molar-refractivity contribution in [3.63, 3.8) is 0 Å². The Morgan fingerprint density at radius 1 is 1.17 bits per heavy atom. The number of sulfonamides is 1. The van der Waals surface area contributed by atoms with Crippen molar-refractivity contribution in [1.82, 2.24) is 24.4 Å². The van der Waals surface area contributed by atoms with Gasteiger partial charge in [-0.2, -0.15) is 5.10 Å². The molecule has 1 heterocycles. The summed E-state index contributed by atoms with van der Waals surface area (Å²) in [6.07, 6.45) is 0. The van der Waals surface area contributed by atoms with Crippen molar-refractivity contribution >= 4 is 28.1 Å². The van der Waals surface area contributed by atoms with Crippen molar-refractivity contribution in [3.8, 4) is 11.4 Å². The first-order valence-electron chi connectivity index (χ1n) is 8.85. The first-order chi connectivity index (χ1) is 14.2. The second kappa shape index (κ2) is 8.78. The fraction of sp³-hybridized carbons (Fsp3) is 0.211. The maximum atomic E-state index is 12.5. The van der Waals surface area contributed by atoms with Crippen LogP contribution in [0.5, 0.6) is 5.75 Å². The smallest absolute Gasteiger partial charge is 0.251 e. The largest absolute Gasteiger partial charge is 0.497 e. The van der Waals surface area contributed by atoms with Gasteiger partial charge in [-0.05, 0) is 60.7 Å². The molecule has 0 bridgehead atoms. The molecule has 0 saturated carbocycles. The molecular formula is C19H21N5O4S2. The number of nitrogens with zero attached hydrogens (tertiary/aromatic N) is 3. The molecular weight excluding hydrogens is 426 g/mol. The van der Waals surface area contributed by atoms with Crippen LogP contribution in [0.3, 0.4) is 0 Å². The number of hydrogen-bond acceptors (Lipinski definition) is 6. The number of rotatable bonds is 7. The molecule has 0 aliphatic carbocycles. The number of nitrogens with one attached hydrogen (secondary N) is 2. The van der Waals surface area contributed by atoms with Crippen LogP contribution in [-0.4, -0.2) is 54.6 Å².